The Morgan fingerprint density at radius 3 is 2.76 bits per heavy atom. The molecule has 1 aliphatic heterocycles. The molecule has 2 unspecified atom stereocenters. The summed E-state index contributed by atoms with van der Waals surface area (Å²) in [4.78, 5) is 14.0. The lowest BCUT2D eigenvalue weighted by Gasteiger charge is -2.52. The van der Waals surface area contributed by atoms with Gasteiger partial charge < -0.3 is 4.74 Å². The molecule has 1 aromatic rings. The number of piperidine rings is 1. The van der Waals surface area contributed by atoms with Gasteiger partial charge in [-0.15, -0.1) is 0 Å². The summed E-state index contributed by atoms with van der Waals surface area (Å²) < 4.78 is 5.34. The molecule has 0 saturated carbocycles. The van der Waals surface area contributed by atoms with E-state index in [4.69, 9.17) is 4.74 Å². The van der Waals surface area contributed by atoms with Crippen LogP contribution in [-0.2, 0) is 16.6 Å². The molecule has 3 rings (SSSR count). The largest absolute Gasteiger partial charge is 0.427 e. The second kappa shape index (κ2) is 6.95. The highest BCUT2D eigenvalue weighted by Crippen LogP contribution is 2.47. The molecular weight excluding hydrogens is 310 g/mol. The van der Waals surface area contributed by atoms with Crippen molar-refractivity contribution in [3.63, 3.8) is 0 Å². The van der Waals surface area contributed by atoms with Crippen molar-refractivity contribution < 1.29 is 9.53 Å². The number of fused-ring (bicyclic) bond motifs is 2. The van der Waals surface area contributed by atoms with Crippen LogP contribution >= 0.6 is 0 Å². The Morgan fingerprint density at radius 1 is 1.32 bits per heavy atom. The molecule has 2 atom stereocenters. The summed E-state index contributed by atoms with van der Waals surface area (Å²) in [5.74, 6) is 1.07. The number of nitrogens with zero attached hydrogens (tertiary/aromatic N) is 1. The fraction of sp³-hybridized carbons (Fsp3) is 0.591. The number of rotatable bonds is 3. The lowest BCUT2D eigenvalue weighted by atomic mass is 9.60. The van der Waals surface area contributed by atoms with E-state index in [9.17, 15) is 4.79 Å². The lowest BCUT2D eigenvalue weighted by Crippen LogP contribution is -2.55. The van der Waals surface area contributed by atoms with Gasteiger partial charge in [0.1, 0.15) is 5.75 Å². The standard InChI is InChI=1S/C22H31NO2/c1-15(2)10-12-23-11-6-7-19-21(23)13-17-8-9-18(25-16(3)24)14-20(17)22(19,4)5/h8-10,14,19,21H,6-7,11-13H2,1-5H3. The van der Waals surface area contributed by atoms with Crippen LogP contribution in [0.25, 0.3) is 0 Å². The van der Waals surface area contributed by atoms with Crippen LogP contribution in [0.1, 0.15) is 58.6 Å². The van der Waals surface area contributed by atoms with Crippen molar-refractivity contribution in [1.29, 1.82) is 0 Å². The average molecular weight is 341 g/mol. The molecule has 136 valence electrons. The van der Waals surface area contributed by atoms with Gasteiger partial charge in [-0.05, 0) is 74.2 Å². The van der Waals surface area contributed by atoms with E-state index in [2.05, 4.69) is 50.8 Å². The van der Waals surface area contributed by atoms with Crippen molar-refractivity contribution in [1.82, 2.24) is 4.90 Å². The van der Waals surface area contributed by atoms with E-state index in [-0.39, 0.29) is 11.4 Å². The maximum Gasteiger partial charge on any atom is 0.308 e. The van der Waals surface area contributed by atoms with Crippen LogP contribution < -0.4 is 4.74 Å². The second-order valence-electron chi connectivity index (χ2n) is 8.43. The minimum Gasteiger partial charge on any atom is -0.427 e. The Morgan fingerprint density at radius 2 is 2.08 bits per heavy atom. The van der Waals surface area contributed by atoms with Gasteiger partial charge in [-0.1, -0.05) is 31.6 Å². The zero-order chi connectivity index (χ0) is 18.2. The Kier molecular flexibility index (Phi) is 5.06. The van der Waals surface area contributed by atoms with Crippen LogP contribution in [0.15, 0.2) is 29.8 Å². The molecule has 0 spiro atoms. The van der Waals surface area contributed by atoms with Gasteiger partial charge in [0, 0.05) is 19.5 Å². The number of allylic oxidation sites excluding steroid dienone is 1. The van der Waals surface area contributed by atoms with Crippen molar-refractivity contribution in [2.45, 2.75) is 65.3 Å². The summed E-state index contributed by atoms with van der Waals surface area (Å²) in [5.41, 5.74) is 4.25. The molecule has 0 amide bonds. The molecule has 1 aliphatic carbocycles. The highest BCUT2D eigenvalue weighted by atomic mass is 16.5. The molecule has 0 N–H and O–H groups in total. The average Bonchev–Trinajstić information content (AvgIpc) is 2.53. The van der Waals surface area contributed by atoms with E-state index in [1.54, 1.807) is 0 Å². The highest BCUT2D eigenvalue weighted by molar-refractivity contribution is 5.69. The second-order valence-corrected chi connectivity index (χ2v) is 8.43. The Balaban J connectivity index is 1.93. The minimum atomic E-state index is -0.253. The first kappa shape index (κ1) is 18.2. The number of hydrogen-bond acceptors (Lipinski definition) is 3. The first-order valence-electron chi connectivity index (χ1n) is 9.48. The third-order valence-electron chi connectivity index (χ3n) is 6.02. The fourth-order valence-corrected chi connectivity index (χ4v) is 4.75. The summed E-state index contributed by atoms with van der Waals surface area (Å²) in [5, 5.41) is 0. The molecule has 25 heavy (non-hydrogen) atoms. The number of likely N-dealkylation sites (tertiary alicyclic amines) is 1. The van der Waals surface area contributed by atoms with E-state index in [0.29, 0.717) is 17.7 Å². The van der Waals surface area contributed by atoms with E-state index in [1.807, 2.05) is 6.07 Å². The Bertz CT molecular complexity index is 685. The van der Waals surface area contributed by atoms with Gasteiger partial charge in [0.2, 0.25) is 0 Å². The SMILES string of the molecule is CC(=O)Oc1ccc2c(c1)C(C)(C)C1CCCN(CC=C(C)C)C1C2. The summed E-state index contributed by atoms with van der Waals surface area (Å²) >= 11 is 0. The molecule has 3 nitrogen and oxygen atoms in total. The van der Waals surface area contributed by atoms with Gasteiger partial charge in [-0.3, -0.25) is 9.69 Å². The van der Waals surface area contributed by atoms with Crippen LogP contribution in [0.5, 0.6) is 5.75 Å². The number of hydrogen-bond donors (Lipinski definition) is 0. The molecule has 0 radical (unpaired) electrons. The predicted molar refractivity (Wildman–Crippen MR) is 102 cm³/mol. The van der Waals surface area contributed by atoms with Gasteiger partial charge in [-0.2, -0.15) is 0 Å². The van der Waals surface area contributed by atoms with E-state index < -0.39 is 0 Å². The molecule has 0 aromatic heterocycles. The molecule has 2 aliphatic rings. The maximum absolute atomic E-state index is 11.3. The van der Waals surface area contributed by atoms with Crippen molar-refractivity contribution in [3.8, 4) is 5.75 Å². The molecule has 1 aromatic carbocycles. The normalized spacial score (nSPS) is 24.8. The quantitative estimate of drug-likeness (QED) is 0.461. The van der Waals surface area contributed by atoms with Gasteiger partial charge in [-0.25, -0.2) is 0 Å². The predicted octanol–water partition coefficient (Wildman–Crippen LogP) is 4.49. The molecule has 1 heterocycles. The fourth-order valence-electron chi connectivity index (χ4n) is 4.75. The number of carbonyl (C=O) groups is 1. The van der Waals surface area contributed by atoms with Gasteiger partial charge in [0.05, 0.1) is 0 Å². The van der Waals surface area contributed by atoms with Crippen molar-refractivity contribution in [2.75, 3.05) is 13.1 Å². The van der Waals surface area contributed by atoms with Gasteiger partial charge in [0.15, 0.2) is 0 Å². The van der Waals surface area contributed by atoms with Crippen LogP contribution in [-0.4, -0.2) is 30.0 Å². The van der Waals surface area contributed by atoms with Crippen molar-refractivity contribution in [2.24, 2.45) is 5.92 Å². The molecule has 3 heteroatoms. The summed E-state index contributed by atoms with van der Waals surface area (Å²) in [7, 11) is 0. The van der Waals surface area contributed by atoms with Crippen LogP contribution in [0.3, 0.4) is 0 Å². The summed E-state index contributed by atoms with van der Waals surface area (Å²) in [6, 6.07) is 6.81. The van der Waals surface area contributed by atoms with E-state index in [0.717, 1.165) is 13.0 Å². The lowest BCUT2D eigenvalue weighted by molar-refractivity contribution is -0.131. The van der Waals surface area contributed by atoms with Crippen LogP contribution in [0, 0.1) is 5.92 Å². The minimum absolute atomic E-state index is 0.0953. The van der Waals surface area contributed by atoms with Crippen molar-refractivity contribution >= 4 is 5.97 Å². The zero-order valence-electron chi connectivity index (χ0n) is 16.3. The number of esters is 1. The first-order valence-corrected chi connectivity index (χ1v) is 9.48. The monoisotopic (exact) mass is 341 g/mol. The number of ether oxygens (including phenoxy) is 1. The Hall–Kier alpha value is -1.61. The van der Waals surface area contributed by atoms with Gasteiger partial charge in [0.25, 0.3) is 0 Å². The third-order valence-corrected chi connectivity index (χ3v) is 6.02. The van der Waals surface area contributed by atoms with E-state index >= 15 is 0 Å². The highest BCUT2D eigenvalue weighted by Gasteiger charge is 2.45. The number of carbonyl (C=O) groups excluding carboxylic acids is 1. The first-order chi connectivity index (χ1) is 11.8. The number of benzene rings is 1. The van der Waals surface area contributed by atoms with Crippen molar-refractivity contribution in [3.05, 3.63) is 41.0 Å². The van der Waals surface area contributed by atoms with Crippen LogP contribution in [0.4, 0.5) is 0 Å². The summed E-state index contributed by atoms with van der Waals surface area (Å²) in [6.07, 6.45) is 6.00. The van der Waals surface area contributed by atoms with Crippen LogP contribution in [0.2, 0.25) is 0 Å². The molecule has 1 saturated heterocycles. The Labute approximate surface area is 152 Å². The maximum atomic E-state index is 11.3. The molecular formula is C22H31NO2. The topological polar surface area (TPSA) is 29.5 Å². The molecule has 1 fully saturated rings. The third kappa shape index (κ3) is 3.67. The smallest absolute Gasteiger partial charge is 0.308 e. The summed E-state index contributed by atoms with van der Waals surface area (Å²) in [6.45, 7) is 12.8. The zero-order valence-corrected chi connectivity index (χ0v) is 16.3. The van der Waals surface area contributed by atoms with Gasteiger partial charge >= 0.3 is 5.97 Å². The molecule has 0 bridgehead atoms. The van der Waals surface area contributed by atoms with E-state index in [1.165, 1.54) is 43.0 Å².